The SMILES string of the molecule is CCC(C)CN(C)c1ccc(C(N)=S)c(Br)c1F. The first kappa shape index (κ1) is 15.4. The quantitative estimate of drug-likeness (QED) is 0.833. The lowest BCUT2D eigenvalue weighted by molar-refractivity contribution is 0.549. The van der Waals surface area contributed by atoms with Gasteiger partial charge in [0.2, 0.25) is 0 Å². The molecule has 2 N–H and O–H groups in total. The van der Waals surface area contributed by atoms with Crippen LogP contribution in [0.1, 0.15) is 25.8 Å². The Kier molecular flexibility index (Phi) is 5.53. The first-order chi connectivity index (χ1) is 8.38. The Morgan fingerprint density at radius 3 is 2.67 bits per heavy atom. The van der Waals surface area contributed by atoms with Crippen LogP contribution in [0.5, 0.6) is 0 Å². The molecule has 0 amide bonds. The molecule has 1 rings (SSSR count). The summed E-state index contributed by atoms with van der Waals surface area (Å²) in [5.41, 5.74) is 6.62. The number of benzene rings is 1. The predicted octanol–water partition coefficient (Wildman–Crippen LogP) is 3.70. The van der Waals surface area contributed by atoms with Gasteiger partial charge in [0.1, 0.15) is 4.99 Å². The highest BCUT2D eigenvalue weighted by atomic mass is 79.9. The third kappa shape index (κ3) is 3.42. The van der Waals surface area contributed by atoms with Crippen molar-refractivity contribution in [3.63, 3.8) is 0 Å². The van der Waals surface area contributed by atoms with Gasteiger partial charge in [-0.05, 0) is 34.0 Å². The van der Waals surface area contributed by atoms with Gasteiger partial charge < -0.3 is 10.6 Å². The maximum atomic E-state index is 14.2. The zero-order valence-corrected chi connectivity index (χ0v) is 13.2. The largest absolute Gasteiger partial charge is 0.389 e. The van der Waals surface area contributed by atoms with E-state index in [2.05, 4.69) is 29.8 Å². The Balaban J connectivity index is 3.05. The molecule has 1 aromatic carbocycles. The van der Waals surface area contributed by atoms with Crippen molar-refractivity contribution in [1.82, 2.24) is 0 Å². The molecule has 0 aliphatic rings. The molecule has 1 unspecified atom stereocenters. The van der Waals surface area contributed by atoms with E-state index in [4.69, 9.17) is 18.0 Å². The van der Waals surface area contributed by atoms with Gasteiger partial charge >= 0.3 is 0 Å². The Morgan fingerprint density at radius 1 is 1.56 bits per heavy atom. The molecule has 0 spiro atoms. The minimum Gasteiger partial charge on any atom is -0.389 e. The van der Waals surface area contributed by atoms with Crippen molar-refractivity contribution in [2.45, 2.75) is 20.3 Å². The fourth-order valence-electron chi connectivity index (χ4n) is 1.72. The molecule has 18 heavy (non-hydrogen) atoms. The van der Waals surface area contributed by atoms with Crippen molar-refractivity contribution < 1.29 is 4.39 Å². The van der Waals surface area contributed by atoms with Crippen LogP contribution in [0.25, 0.3) is 0 Å². The molecule has 1 aromatic rings. The summed E-state index contributed by atoms with van der Waals surface area (Å²) in [6, 6.07) is 3.47. The highest BCUT2D eigenvalue weighted by Gasteiger charge is 2.16. The van der Waals surface area contributed by atoms with Crippen LogP contribution in [0.3, 0.4) is 0 Å². The molecule has 0 saturated carbocycles. The van der Waals surface area contributed by atoms with Crippen molar-refractivity contribution in [3.05, 3.63) is 28.0 Å². The molecule has 0 heterocycles. The summed E-state index contributed by atoms with van der Waals surface area (Å²) in [5, 5.41) is 0. The molecule has 0 saturated heterocycles. The summed E-state index contributed by atoms with van der Waals surface area (Å²) in [6.45, 7) is 5.08. The fourth-order valence-corrected chi connectivity index (χ4v) is 2.57. The minimum atomic E-state index is -0.314. The van der Waals surface area contributed by atoms with Gasteiger partial charge in [-0.2, -0.15) is 0 Å². The van der Waals surface area contributed by atoms with Crippen molar-refractivity contribution in [2.75, 3.05) is 18.5 Å². The molecule has 1 atom stereocenters. The van der Waals surface area contributed by atoms with Gasteiger partial charge in [0.25, 0.3) is 0 Å². The summed E-state index contributed by atoms with van der Waals surface area (Å²) in [5.74, 6) is 0.203. The second kappa shape index (κ2) is 6.48. The molecule has 5 heteroatoms. The molecule has 0 bridgehead atoms. The van der Waals surface area contributed by atoms with Crippen molar-refractivity contribution in [2.24, 2.45) is 11.7 Å². The second-order valence-corrected chi connectivity index (χ2v) is 5.75. The van der Waals surface area contributed by atoms with E-state index < -0.39 is 0 Å². The van der Waals surface area contributed by atoms with Crippen LogP contribution >= 0.6 is 28.1 Å². The second-order valence-electron chi connectivity index (χ2n) is 4.52. The molecule has 0 fully saturated rings. The Hall–Kier alpha value is -0.680. The summed E-state index contributed by atoms with van der Waals surface area (Å²) >= 11 is 8.09. The molecular formula is C13H18BrFN2S. The van der Waals surface area contributed by atoms with Gasteiger partial charge in [-0.25, -0.2) is 4.39 Å². The van der Waals surface area contributed by atoms with Crippen LogP contribution < -0.4 is 10.6 Å². The maximum Gasteiger partial charge on any atom is 0.161 e. The van der Waals surface area contributed by atoms with Gasteiger partial charge in [-0.15, -0.1) is 0 Å². The van der Waals surface area contributed by atoms with Gasteiger partial charge in [-0.1, -0.05) is 32.5 Å². The Labute approximate surface area is 121 Å². The highest BCUT2D eigenvalue weighted by Crippen LogP contribution is 2.29. The van der Waals surface area contributed by atoms with Crippen molar-refractivity contribution in [1.29, 1.82) is 0 Å². The molecule has 2 nitrogen and oxygen atoms in total. The van der Waals surface area contributed by atoms with Crippen LogP contribution in [0.4, 0.5) is 10.1 Å². The van der Waals surface area contributed by atoms with E-state index >= 15 is 0 Å². The van der Waals surface area contributed by atoms with Crippen LogP contribution in [-0.4, -0.2) is 18.6 Å². The van der Waals surface area contributed by atoms with E-state index in [1.165, 1.54) is 0 Å². The first-order valence-corrected chi connectivity index (χ1v) is 7.07. The number of nitrogens with two attached hydrogens (primary N) is 1. The lowest BCUT2D eigenvalue weighted by atomic mass is 10.1. The van der Waals surface area contributed by atoms with E-state index in [0.717, 1.165) is 13.0 Å². The Bertz CT molecular complexity index is 451. The summed E-state index contributed by atoms with van der Waals surface area (Å²) in [7, 11) is 1.89. The standard InChI is InChI=1S/C13H18BrFN2S/c1-4-8(2)7-17(3)10-6-5-9(13(16)18)11(14)12(10)15/h5-6,8H,4,7H2,1-3H3,(H2,16,18). The number of anilines is 1. The van der Waals surface area contributed by atoms with E-state index in [1.807, 2.05) is 11.9 Å². The van der Waals surface area contributed by atoms with E-state index in [-0.39, 0.29) is 10.8 Å². The third-order valence-corrected chi connectivity index (χ3v) is 4.02. The highest BCUT2D eigenvalue weighted by molar-refractivity contribution is 9.10. The maximum absolute atomic E-state index is 14.2. The number of thiocarbonyl (C=S) groups is 1. The van der Waals surface area contributed by atoms with E-state index in [9.17, 15) is 4.39 Å². The van der Waals surface area contributed by atoms with Crippen molar-refractivity contribution >= 4 is 38.8 Å². The summed E-state index contributed by atoms with van der Waals surface area (Å²) in [4.78, 5) is 2.11. The molecule has 0 radical (unpaired) electrons. The molecule has 0 aliphatic carbocycles. The van der Waals surface area contributed by atoms with Crippen LogP contribution in [-0.2, 0) is 0 Å². The van der Waals surface area contributed by atoms with Gasteiger partial charge in [0.15, 0.2) is 5.82 Å². The van der Waals surface area contributed by atoms with Gasteiger partial charge in [-0.3, -0.25) is 0 Å². The monoisotopic (exact) mass is 332 g/mol. The topological polar surface area (TPSA) is 29.3 Å². The molecular weight excluding hydrogens is 315 g/mol. The lowest BCUT2D eigenvalue weighted by Gasteiger charge is -2.24. The summed E-state index contributed by atoms with van der Waals surface area (Å²) < 4.78 is 14.6. The summed E-state index contributed by atoms with van der Waals surface area (Å²) in [6.07, 6.45) is 1.07. The fraction of sp³-hybridized carbons (Fsp3) is 0.462. The minimum absolute atomic E-state index is 0.192. The number of nitrogens with zero attached hydrogens (tertiary/aromatic N) is 1. The first-order valence-electron chi connectivity index (χ1n) is 5.87. The average molecular weight is 333 g/mol. The number of hydrogen-bond acceptors (Lipinski definition) is 2. The number of hydrogen-bond donors (Lipinski definition) is 1. The normalized spacial score (nSPS) is 12.3. The lowest BCUT2D eigenvalue weighted by Crippen LogP contribution is -2.25. The molecule has 0 aromatic heterocycles. The van der Waals surface area contributed by atoms with Crippen molar-refractivity contribution in [3.8, 4) is 0 Å². The van der Waals surface area contributed by atoms with Gasteiger partial charge in [0.05, 0.1) is 10.2 Å². The van der Waals surface area contributed by atoms with E-state index in [1.54, 1.807) is 12.1 Å². The van der Waals surface area contributed by atoms with E-state index in [0.29, 0.717) is 21.6 Å². The third-order valence-electron chi connectivity index (χ3n) is 3.02. The van der Waals surface area contributed by atoms with Gasteiger partial charge in [0, 0.05) is 19.2 Å². The molecule has 0 aliphatic heterocycles. The Morgan fingerprint density at radius 2 is 2.17 bits per heavy atom. The number of halogens is 2. The van der Waals surface area contributed by atoms with Crippen LogP contribution in [0, 0.1) is 11.7 Å². The van der Waals surface area contributed by atoms with Crippen LogP contribution in [0.2, 0.25) is 0 Å². The smallest absolute Gasteiger partial charge is 0.161 e. The predicted molar refractivity (Wildman–Crippen MR) is 82.7 cm³/mol. The molecule has 100 valence electrons. The average Bonchev–Trinajstić information content (AvgIpc) is 2.31. The number of rotatable bonds is 5. The van der Waals surface area contributed by atoms with Crippen LogP contribution in [0.15, 0.2) is 16.6 Å². The zero-order valence-electron chi connectivity index (χ0n) is 10.8. The zero-order chi connectivity index (χ0) is 13.9.